The summed E-state index contributed by atoms with van der Waals surface area (Å²) in [5.74, 6) is -1.39. The third-order valence-electron chi connectivity index (χ3n) is 7.80. The Morgan fingerprint density at radius 1 is 1.17 bits per heavy atom. The molecule has 2 aliphatic carbocycles. The molecule has 8 nitrogen and oxygen atoms in total. The van der Waals surface area contributed by atoms with Gasteiger partial charge in [-0.3, -0.25) is 4.79 Å². The average molecular weight is 503 g/mol. The Balaban J connectivity index is 1.01. The van der Waals surface area contributed by atoms with Crippen LogP contribution in [-0.2, 0) is 31.1 Å². The molecule has 1 aliphatic heterocycles. The van der Waals surface area contributed by atoms with E-state index in [0.717, 1.165) is 63.9 Å². The molecule has 5 rings (SSSR count). The molecular formula is C26H36F2N6O2. The number of pyridine rings is 1. The maximum absolute atomic E-state index is 13.1. The van der Waals surface area contributed by atoms with E-state index in [1.165, 1.54) is 16.8 Å². The maximum Gasteiger partial charge on any atom is 0.255 e. The second-order valence-electron chi connectivity index (χ2n) is 10.7. The second kappa shape index (κ2) is 10.8. The van der Waals surface area contributed by atoms with Crippen LogP contribution in [0.3, 0.4) is 0 Å². The summed E-state index contributed by atoms with van der Waals surface area (Å²) in [5, 5.41) is 11.4. The molecule has 0 radical (unpaired) electrons. The highest BCUT2D eigenvalue weighted by atomic mass is 19.3. The highest BCUT2D eigenvalue weighted by molar-refractivity contribution is 5.78. The molecule has 2 aromatic heterocycles. The number of amides is 1. The first kappa shape index (κ1) is 25.0. The second-order valence-corrected chi connectivity index (χ2v) is 10.7. The van der Waals surface area contributed by atoms with E-state index in [9.17, 15) is 13.6 Å². The molecule has 2 aromatic rings. The lowest BCUT2D eigenvalue weighted by atomic mass is 9.84. The van der Waals surface area contributed by atoms with Crippen LogP contribution >= 0.6 is 0 Å². The number of aromatic nitrogens is 4. The summed E-state index contributed by atoms with van der Waals surface area (Å²) in [6.45, 7) is 3.04. The molecule has 2 saturated carbocycles. The van der Waals surface area contributed by atoms with Gasteiger partial charge in [-0.05, 0) is 56.6 Å². The van der Waals surface area contributed by atoms with E-state index < -0.39 is 12.0 Å². The topological polar surface area (TPSA) is 85.2 Å². The quantitative estimate of drug-likeness (QED) is 0.597. The van der Waals surface area contributed by atoms with Gasteiger partial charge in [0.05, 0.1) is 18.3 Å². The number of carbonyl (C=O) groups is 1. The molecular weight excluding hydrogens is 466 g/mol. The highest BCUT2D eigenvalue weighted by Crippen LogP contribution is 2.39. The molecule has 36 heavy (non-hydrogen) atoms. The number of hydrogen-bond acceptors (Lipinski definition) is 6. The predicted octanol–water partition coefficient (Wildman–Crippen LogP) is 3.10. The van der Waals surface area contributed by atoms with Crippen molar-refractivity contribution in [2.24, 2.45) is 13.0 Å². The van der Waals surface area contributed by atoms with Gasteiger partial charge >= 0.3 is 0 Å². The molecule has 0 unspecified atom stereocenters. The first-order valence-electron chi connectivity index (χ1n) is 13.2. The van der Waals surface area contributed by atoms with Gasteiger partial charge in [0.15, 0.2) is 0 Å². The van der Waals surface area contributed by atoms with Crippen LogP contribution in [-0.4, -0.2) is 68.5 Å². The molecule has 1 N–H and O–H groups in total. The van der Waals surface area contributed by atoms with E-state index in [1.54, 1.807) is 13.2 Å². The van der Waals surface area contributed by atoms with Gasteiger partial charge < -0.3 is 15.0 Å². The number of fused-ring (bicyclic) bond motifs is 1. The number of hydrogen-bond donors (Lipinski definition) is 1. The van der Waals surface area contributed by atoms with Crippen LogP contribution in [0, 0.1) is 5.92 Å². The Kier molecular flexibility index (Phi) is 7.50. The van der Waals surface area contributed by atoms with Gasteiger partial charge in [0.2, 0.25) is 11.8 Å². The molecule has 196 valence electrons. The summed E-state index contributed by atoms with van der Waals surface area (Å²) < 4.78 is 31.8. The van der Waals surface area contributed by atoms with Crippen LogP contribution < -0.4 is 10.1 Å². The van der Waals surface area contributed by atoms with E-state index in [0.29, 0.717) is 17.5 Å². The summed E-state index contributed by atoms with van der Waals surface area (Å²) in [4.78, 5) is 20.9. The lowest BCUT2D eigenvalue weighted by Gasteiger charge is -2.34. The fourth-order valence-corrected chi connectivity index (χ4v) is 5.63. The molecule has 0 spiro atoms. The van der Waals surface area contributed by atoms with Crippen molar-refractivity contribution in [1.82, 2.24) is 30.2 Å². The predicted molar refractivity (Wildman–Crippen MR) is 130 cm³/mol. The number of nitrogens with one attached hydrogen (secondary N) is 1. The Morgan fingerprint density at radius 3 is 2.67 bits per heavy atom. The van der Waals surface area contributed by atoms with Crippen molar-refractivity contribution in [3.8, 4) is 5.88 Å². The number of carbonyl (C=O) groups excluding carboxylic acids is 1. The van der Waals surface area contributed by atoms with Crippen molar-refractivity contribution in [1.29, 1.82) is 0 Å². The number of alkyl halides is 2. The molecule has 0 bridgehead atoms. The zero-order chi connectivity index (χ0) is 25.1. The van der Waals surface area contributed by atoms with Gasteiger partial charge in [-0.15, -0.1) is 0 Å². The third-order valence-corrected chi connectivity index (χ3v) is 7.80. The van der Waals surface area contributed by atoms with E-state index in [1.807, 2.05) is 6.07 Å². The maximum atomic E-state index is 13.1. The molecule has 0 atom stereocenters. The Bertz CT molecular complexity index is 1040. The van der Waals surface area contributed by atoms with Gasteiger partial charge in [-0.1, -0.05) is 6.07 Å². The van der Waals surface area contributed by atoms with E-state index >= 15 is 0 Å². The molecule has 1 amide bonds. The normalized spacial score (nSPS) is 24.4. The first-order valence-corrected chi connectivity index (χ1v) is 13.2. The summed E-state index contributed by atoms with van der Waals surface area (Å²) >= 11 is 0. The lowest BCUT2D eigenvalue weighted by molar-refractivity contribution is -0.135. The van der Waals surface area contributed by atoms with Crippen LogP contribution in [0.25, 0.3) is 0 Å². The minimum Gasteiger partial charge on any atom is -0.474 e. The SMILES string of the molecule is Cn1ncc(CC(=O)N[C@H]2CC[C@H](CCN3CCc4ccc(OC5CC(F)(F)C5)nc4CC3)CC2)n1. The molecule has 0 aromatic carbocycles. The van der Waals surface area contributed by atoms with Gasteiger partial charge in [-0.2, -0.15) is 15.0 Å². The minimum absolute atomic E-state index is 0.0240. The zero-order valence-electron chi connectivity index (χ0n) is 21.0. The van der Waals surface area contributed by atoms with Gasteiger partial charge in [-0.25, -0.2) is 13.8 Å². The smallest absolute Gasteiger partial charge is 0.255 e. The van der Waals surface area contributed by atoms with E-state index in [2.05, 4.69) is 31.5 Å². The molecule has 3 heterocycles. The summed E-state index contributed by atoms with van der Waals surface area (Å²) in [5.41, 5.74) is 2.98. The van der Waals surface area contributed by atoms with Crippen molar-refractivity contribution in [2.75, 3.05) is 19.6 Å². The monoisotopic (exact) mass is 502 g/mol. The van der Waals surface area contributed by atoms with Crippen LogP contribution in [0.1, 0.15) is 61.9 Å². The van der Waals surface area contributed by atoms with Gasteiger partial charge in [0, 0.05) is 57.2 Å². The Morgan fingerprint density at radius 2 is 1.94 bits per heavy atom. The fraction of sp³-hybridized carbons (Fsp3) is 0.692. The summed E-state index contributed by atoms with van der Waals surface area (Å²) in [6, 6.07) is 4.14. The van der Waals surface area contributed by atoms with Crippen molar-refractivity contribution >= 4 is 5.91 Å². The molecule has 10 heteroatoms. The minimum atomic E-state index is -2.58. The number of nitrogens with zero attached hydrogens (tertiary/aromatic N) is 5. The Hall–Kier alpha value is -2.62. The third kappa shape index (κ3) is 6.57. The molecule has 0 saturated heterocycles. The van der Waals surface area contributed by atoms with Crippen LogP contribution in [0.5, 0.6) is 5.88 Å². The highest BCUT2D eigenvalue weighted by Gasteiger charge is 2.47. The van der Waals surface area contributed by atoms with Gasteiger partial charge in [0.1, 0.15) is 6.10 Å². The first-order chi connectivity index (χ1) is 17.3. The molecule has 3 aliphatic rings. The van der Waals surface area contributed by atoms with Crippen molar-refractivity contribution in [3.05, 3.63) is 35.3 Å². The van der Waals surface area contributed by atoms with Crippen LogP contribution in [0.4, 0.5) is 8.78 Å². The van der Waals surface area contributed by atoms with Crippen LogP contribution in [0.2, 0.25) is 0 Å². The van der Waals surface area contributed by atoms with Crippen molar-refractivity contribution in [3.63, 3.8) is 0 Å². The van der Waals surface area contributed by atoms with E-state index in [4.69, 9.17) is 4.74 Å². The number of rotatable bonds is 8. The standard InChI is InChI=1S/C26H36F2N6O2/c1-33-29-17-21(32-33)14-24(35)30-20-5-2-18(3-6-20)8-11-34-12-9-19-4-7-25(31-23(19)10-13-34)36-22-15-26(27,28)16-22/h4,7,17-18,20,22H,2-3,5-6,8-16H2,1H3,(H,30,35)/t18-,20-. The molecule has 2 fully saturated rings. The summed E-state index contributed by atoms with van der Waals surface area (Å²) in [6.07, 6.45) is 8.41. The van der Waals surface area contributed by atoms with Crippen molar-refractivity contribution in [2.45, 2.75) is 82.3 Å². The van der Waals surface area contributed by atoms with Crippen molar-refractivity contribution < 1.29 is 18.3 Å². The Labute approximate surface area is 210 Å². The average Bonchev–Trinajstić information content (AvgIpc) is 3.11. The largest absolute Gasteiger partial charge is 0.474 e. The number of halogens is 2. The van der Waals surface area contributed by atoms with E-state index in [-0.39, 0.29) is 31.2 Å². The van der Waals surface area contributed by atoms with Crippen LogP contribution in [0.15, 0.2) is 18.3 Å². The summed E-state index contributed by atoms with van der Waals surface area (Å²) in [7, 11) is 1.75. The lowest BCUT2D eigenvalue weighted by Crippen LogP contribution is -2.43. The number of ether oxygens (including phenoxy) is 1. The zero-order valence-corrected chi connectivity index (χ0v) is 21.0. The number of aryl methyl sites for hydroxylation is 1. The van der Waals surface area contributed by atoms with Gasteiger partial charge in [0.25, 0.3) is 5.92 Å². The fourth-order valence-electron chi connectivity index (χ4n) is 5.63.